The van der Waals surface area contributed by atoms with Crippen LogP contribution in [-0.4, -0.2) is 10.1 Å². The standard InChI is InChI=1S/C13H11F2NO/c1-8-2-3-10(12(15)11(8)14)13(17)9-4-6-16-7-5-9/h2-7,13,17H,1H3. The monoisotopic (exact) mass is 235 g/mol. The second kappa shape index (κ2) is 4.59. The van der Waals surface area contributed by atoms with Gasteiger partial charge in [0.05, 0.1) is 0 Å². The van der Waals surface area contributed by atoms with E-state index >= 15 is 0 Å². The average molecular weight is 235 g/mol. The highest BCUT2D eigenvalue weighted by Gasteiger charge is 2.18. The number of halogens is 2. The van der Waals surface area contributed by atoms with Crippen LogP contribution in [0.4, 0.5) is 8.78 Å². The highest BCUT2D eigenvalue weighted by Crippen LogP contribution is 2.26. The smallest absolute Gasteiger partial charge is 0.165 e. The predicted octanol–water partition coefficient (Wildman–Crippen LogP) is 2.75. The van der Waals surface area contributed by atoms with Crippen LogP contribution >= 0.6 is 0 Å². The number of aromatic nitrogens is 1. The molecule has 0 amide bonds. The molecule has 0 aliphatic rings. The van der Waals surface area contributed by atoms with E-state index < -0.39 is 17.7 Å². The van der Waals surface area contributed by atoms with Crippen LogP contribution in [0.3, 0.4) is 0 Å². The highest BCUT2D eigenvalue weighted by atomic mass is 19.2. The van der Waals surface area contributed by atoms with Gasteiger partial charge in [-0.15, -0.1) is 0 Å². The number of rotatable bonds is 2. The first-order valence-electron chi connectivity index (χ1n) is 5.13. The quantitative estimate of drug-likeness (QED) is 0.868. The normalized spacial score (nSPS) is 12.5. The van der Waals surface area contributed by atoms with Gasteiger partial charge in [0.15, 0.2) is 11.6 Å². The molecule has 4 heteroatoms. The maximum atomic E-state index is 13.6. The fourth-order valence-electron chi connectivity index (χ4n) is 1.60. The van der Waals surface area contributed by atoms with E-state index in [4.69, 9.17) is 0 Å². The first-order chi connectivity index (χ1) is 8.11. The largest absolute Gasteiger partial charge is 0.384 e. The van der Waals surface area contributed by atoms with Crippen LogP contribution in [0.5, 0.6) is 0 Å². The molecule has 88 valence electrons. The number of hydrogen-bond donors (Lipinski definition) is 1. The van der Waals surface area contributed by atoms with Gasteiger partial charge in [-0.3, -0.25) is 4.98 Å². The number of benzene rings is 1. The van der Waals surface area contributed by atoms with E-state index in [0.29, 0.717) is 5.56 Å². The molecule has 1 N–H and O–H groups in total. The second-order valence-electron chi connectivity index (χ2n) is 3.78. The molecule has 2 rings (SSSR count). The molecule has 1 unspecified atom stereocenters. The van der Waals surface area contributed by atoms with Crippen LogP contribution < -0.4 is 0 Å². The van der Waals surface area contributed by atoms with Gasteiger partial charge in [0.1, 0.15) is 6.10 Å². The molecular weight excluding hydrogens is 224 g/mol. The maximum Gasteiger partial charge on any atom is 0.165 e. The van der Waals surface area contributed by atoms with Crippen LogP contribution in [-0.2, 0) is 0 Å². The molecule has 1 atom stereocenters. The van der Waals surface area contributed by atoms with E-state index in [1.807, 2.05) is 0 Å². The summed E-state index contributed by atoms with van der Waals surface area (Å²) in [5, 5.41) is 9.95. The highest BCUT2D eigenvalue weighted by molar-refractivity contribution is 5.32. The van der Waals surface area contributed by atoms with E-state index in [1.165, 1.54) is 31.5 Å². The third-order valence-electron chi connectivity index (χ3n) is 2.62. The Morgan fingerprint density at radius 3 is 2.35 bits per heavy atom. The SMILES string of the molecule is Cc1ccc(C(O)c2ccncc2)c(F)c1F. The molecular formula is C13H11F2NO. The van der Waals surface area contributed by atoms with Crippen molar-refractivity contribution in [3.8, 4) is 0 Å². The van der Waals surface area contributed by atoms with Gasteiger partial charge in [0, 0.05) is 18.0 Å². The Morgan fingerprint density at radius 1 is 1.06 bits per heavy atom. The molecule has 0 radical (unpaired) electrons. The fraction of sp³-hybridized carbons (Fsp3) is 0.154. The summed E-state index contributed by atoms with van der Waals surface area (Å²) in [4.78, 5) is 3.80. The number of aliphatic hydroxyl groups is 1. The summed E-state index contributed by atoms with van der Waals surface area (Å²) in [6.45, 7) is 1.47. The van der Waals surface area contributed by atoms with E-state index in [1.54, 1.807) is 12.1 Å². The number of nitrogens with zero attached hydrogens (tertiary/aromatic N) is 1. The summed E-state index contributed by atoms with van der Waals surface area (Å²) in [6, 6.07) is 5.95. The lowest BCUT2D eigenvalue weighted by molar-refractivity contribution is 0.213. The Hall–Kier alpha value is -1.81. The zero-order valence-electron chi connectivity index (χ0n) is 9.19. The number of hydrogen-bond acceptors (Lipinski definition) is 2. The zero-order valence-corrected chi connectivity index (χ0v) is 9.19. The molecule has 0 aliphatic heterocycles. The number of pyridine rings is 1. The molecule has 0 saturated carbocycles. The fourth-order valence-corrected chi connectivity index (χ4v) is 1.60. The predicted molar refractivity (Wildman–Crippen MR) is 59.4 cm³/mol. The van der Waals surface area contributed by atoms with Gasteiger partial charge in [-0.2, -0.15) is 0 Å². The van der Waals surface area contributed by atoms with Crippen LogP contribution in [0.2, 0.25) is 0 Å². The molecule has 2 aromatic rings. The Balaban J connectivity index is 2.45. The van der Waals surface area contributed by atoms with E-state index in [-0.39, 0.29) is 11.1 Å². The summed E-state index contributed by atoms with van der Waals surface area (Å²) in [5.41, 5.74) is 0.620. The lowest BCUT2D eigenvalue weighted by Crippen LogP contribution is -2.05. The Labute approximate surface area is 97.6 Å². The summed E-state index contributed by atoms with van der Waals surface area (Å²) in [5.74, 6) is -1.93. The average Bonchev–Trinajstić information content (AvgIpc) is 2.36. The first kappa shape index (κ1) is 11.7. The Bertz CT molecular complexity index is 528. The molecule has 1 aromatic carbocycles. The summed E-state index contributed by atoms with van der Waals surface area (Å²) >= 11 is 0. The van der Waals surface area contributed by atoms with Gasteiger partial charge >= 0.3 is 0 Å². The third-order valence-corrected chi connectivity index (χ3v) is 2.62. The van der Waals surface area contributed by atoms with Crippen LogP contribution in [0.15, 0.2) is 36.7 Å². The van der Waals surface area contributed by atoms with Gasteiger partial charge in [-0.1, -0.05) is 12.1 Å². The minimum atomic E-state index is -1.19. The van der Waals surface area contributed by atoms with Gasteiger partial charge in [0.25, 0.3) is 0 Å². The van der Waals surface area contributed by atoms with Crippen molar-refractivity contribution in [3.63, 3.8) is 0 Å². The lowest BCUT2D eigenvalue weighted by Gasteiger charge is -2.13. The minimum absolute atomic E-state index is 0.0701. The molecule has 1 aromatic heterocycles. The molecule has 0 saturated heterocycles. The van der Waals surface area contributed by atoms with Crippen molar-refractivity contribution in [2.24, 2.45) is 0 Å². The maximum absolute atomic E-state index is 13.6. The van der Waals surface area contributed by atoms with Crippen molar-refractivity contribution < 1.29 is 13.9 Å². The van der Waals surface area contributed by atoms with Gasteiger partial charge in [-0.25, -0.2) is 8.78 Å². The topological polar surface area (TPSA) is 33.1 Å². The van der Waals surface area contributed by atoms with Gasteiger partial charge in [-0.05, 0) is 30.2 Å². The molecule has 0 bridgehead atoms. The molecule has 0 spiro atoms. The van der Waals surface area contributed by atoms with E-state index in [2.05, 4.69) is 4.98 Å². The van der Waals surface area contributed by atoms with Crippen molar-refractivity contribution in [1.29, 1.82) is 0 Å². The molecule has 17 heavy (non-hydrogen) atoms. The van der Waals surface area contributed by atoms with Crippen LogP contribution in [0.1, 0.15) is 22.8 Å². The summed E-state index contributed by atoms with van der Waals surface area (Å²) in [7, 11) is 0. The molecule has 0 aliphatic carbocycles. The number of aryl methyl sites for hydroxylation is 1. The van der Waals surface area contributed by atoms with Crippen molar-refractivity contribution in [3.05, 3.63) is 65.0 Å². The van der Waals surface area contributed by atoms with Crippen molar-refractivity contribution in [2.45, 2.75) is 13.0 Å². The summed E-state index contributed by atoms with van der Waals surface area (Å²) in [6.07, 6.45) is 1.79. The van der Waals surface area contributed by atoms with E-state index in [9.17, 15) is 13.9 Å². The Morgan fingerprint density at radius 2 is 1.71 bits per heavy atom. The van der Waals surface area contributed by atoms with Crippen molar-refractivity contribution >= 4 is 0 Å². The third kappa shape index (κ3) is 2.17. The second-order valence-corrected chi connectivity index (χ2v) is 3.78. The molecule has 0 fully saturated rings. The number of aliphatic hydroxyl groups excluding tert-OH is 1. The van der Waals surface area contributed by atoms with E-state index in [0.717, 1.165) is 0 Å². The summed E-state index contributed by atoms with van der Waals surface area (Å²) < 4.78 is 27.0. The van der Waals surface area contributed by atoms with Crippen molar-refractivity contribution in [1.82, 2.24) is 4.98 Å². The van der Waals surface area contributed by atoms with Gasteiger partial charge in [0.2, 0.25) is 0 Å². The Kier molecular flexibility index (Phi) is 3.15. The lowest BCUT2D eigenvalue weighted by atomic mass is 10.0. The first-order valence-corrected chi connectivity index (χ1v) is 5.13. The minimum Gasteiger partial charge on any atom is -0.384 e. The van der Waals surface area contributed by atoms with Gasteiger partial charge < -0.3 is 5.11 Å². The molecule has 1 heterocycles. The van der Waals surface area contributed by atoms with Crippen LogP contribution in [0, 0.1) is 18.6 Å². The van der Waals surface area contributed by atoms with Crippen LogP contribution in [0.25, 0.3) is 0 Å². The molecule has 2 nitrogen and oxygen atoms in total. The zero-order chi connectivity index (χ0) is 12.4. The van der Waals surface area contributed by atoms with Crippen molar-refractivity contribution in [2.75, 3.05) is 0 Å².